The summed E-state index contributed by atoms with van der Waals surface area (Å²) in [7, 11) is 1.67. The third kappa shape index (κ3) is 3.74. The van der Waals surface area contributed by atoms with Gasteiger partial charge in [-0.15, -0.1) is 0 Å². The van der Waals surface area contributed by atoms with E-state index in [4.69, 9.17) is 14.2 Å². The van der Waals surface area contributed by atoms with Crippen LogP contribution >= 0.6 is 22.6 Å². The Hall–Kier alpha value is -0.590. The molecule has 1 saturated heterocycles. The van der Waals surface area contributed by atoms with Crippen LogP contribution in [0.5, 0.6) is 5.75 Å². The third-order valence-corrected chi connectivity index (χ3v) is 4.05. The first kappa shape index (κ1) is 15.8. The summed E-state index contributed by atoms with van der Waals surface area (Å²) in [6, 6.07) is 7.86. The predicted octanol–water partition coefficient (Wildman–Crippen LogP) is 4.33. The number of halogens is 1. The lowest BCUT2D eigenvalue weighted by atomic mass is 9.93. The molecule has 0 aliphatic carbocycles. The molecular weight excluding hydrogens is 367 g/mol. The average molecular weight is 388 g/mol. The van der Waals surface area contributed by atoms with Gasteiger partial charge in [0.25, 0.3) is 0 Å². The maximum absolute atomic E-state index is 6.15. The molecule has 1 aliphatic rings. The summed E-state index contributed by atoms with van der Waals surface area (Å²) in [6.45, 7) is 5.08. The lowest BCUT2D eigenvalue weighted by molar-refractivity contribution is -0.245. The number of ether oxygens (including phenoxy) is 3. The van der Waals surface area contributed by atoms with Crippen molar-refractivity contribution in [2.45, 2.75) is 26.2 Å². The molecule has 1 aromatic rings. The smallest absolute Gasteiger partial charge is 0.184 e. The lowest BCUT2D eigenvalue weighted by Crippen LogP contribution is -2.38. The lowest BCUT2D eigenvalue weighted by Gasteiger charge is -2.37. The predicted molar refractivity (Wildman–Crippen MR) is 88.0 cm³/mol. The molecule has 3 nitrogen and oxygen atoms in total. The summed E-state index contributed by atoms with van der Waals surface area (Å²) in [4.78, 5) is 0. The molecule has 0 spiro atoms. The molecule has 2 rings (SSSR count). The molecule has 0 saturated carbocycles. The zero-order chi connectivity index (χ0) is 14.5. The zero-order valence-corrected chi connectivity index (χ0v) is 14.2. The van der Waals surface area contributed by atoms with Crippen LogP contribution in [0.1, 0.15) is 25.7 Å². The molecule has 1 unspecified atom stereocenters. The minimum absolute atomic E-state index is 0.182. The Bertz CT molecular complexity index is 444. The highest BCUT2D eigenvalue weighted by Gasteiger charge is 2.32. The van der Waals surface area contributed by atoms with Gasteiger partial charge in [0.15, 0.2) is 6.29 Å². The minimum atomic E-state index is -0.285. The molecule has 1 heterocycles. The molecule has 0 amide bonds. The Morgan fingerprint density at radius 1 is 1.35 bits per heavy atom. The molecule has 0 bridgehead atoms. The first-order chi connectivity index (χ1) is 9.65. The second-order valence-electron chi connectivity index (χ2n) is 5.19. The number of methoxy groups -OCH3 is 1. The van der Waals surface area contributed by atoms with Crippen LogP contribution in [0, 0.1) is 11.8 Å². The van der Waals surface area contributed by atoms with Crippen molar-refractivity contribution in [1.82, 2.24) is 0 Å². The SMILES string of the molecule is COc1ccc(C2OC[C@H](C)[C@H]([C@@H](C)/C=C\I)O2)cc1. The second kappa shape index (κ2) is 7.43. The van der Waals surface area contributed by atoms with E-state index in [0.717, 1.165) is 17.9 Å². The highest BCUT2D eigenvalue weighted by molar-refractivity contribution is 14.1. The summed E-state index contributed by atoms with van der Waals surface area (Å²) >= 11 is 2.25. The Kier molecular flexibility index (Phi) is 5.86. The normalized spacial score (nSPS) is 28.5. The van der Waals surface area contributed by atoms with Crippen LogP contribution in [0.2, 0.25) is 0 Å². The summed E-state index contributed by atoms with van der Waals surface area (Å²) in [5, 5.41) is 0. The van der Waals surface area contributed by atoms with E-state index in [0.29, 0.717) is 11.8 Å². The van der Waals surface area contributed by atoms with E-state index in [1.54, 1.807) is 7.11 Å². The second-order valence-corrected chi connectivity index (χ2v) is 5.91. The fraction of sp³-hybridized carbons (Fsp3) is 0.500. The summed E-state index contributed by atoms with van der Waals surface area (Å²) in [5.74, 6) is 1.62. The van der Waals surface area contributed by atoms with Crippen molar-refractivity contribution in [3.05, 3.63) is 40.0 Å². The van der Waals surface area contributed by atoms with Crippen LogP contribution < -0.4 is 4.74 Å². The molecule has 1 fully saturated rings. The maximum atomic E-state index is 6.15. The topological polar surface area (TPSA) is 27.7 Å². The number of benzene rings is 1. The van der Waals surface area contributed by atoms with Gasteiger partial charge in [0.1, 0.15) is 5.75 Å². The van der Waals surface area contributed by atoms with Crippen LogP contribution in [0.3, 0.4) is 0 Å². The summed E-state index contributed by atoms with van der Waals surface area (Å²) in [5.41, 5.74) is 1.04. The van der Waals surface area contributed by atoms with Gasteiger partial charge < -0.3 is 14.2 Å². The molecule has 4 atom stereocenters. The van der Waals surface area contributed by atoms with Gasteiger partial charge in [-0.25, -0.2) is 0 Å². The van der Waals surface area contributed by atoms with Crippen molar-refractivity contribution in [3.63, 3.8) is 0 Å². The Morgan fingerprint density at radius 3 is 2.65 bits per heavy atom. The van der Waals surface area contributed by atoms with Crippen LogP contribution in [-0.2, 0) is 9.47 Å². The number of hydrogen-bond acceptors (Lipinski definition) is 3. The molecule has 4 heteroatoms. The van der Waals surface area contributed by atoms with Crippen molar-refractivity contribution in [1.29, 1.82) is 0 Å². The quantitative estimate of drug-likeness (QED) is 0.719. The number of rotatable bonds is 4. The first-order valence-electron chi connectivity index (χ1n) is 6.83. The fourth-order valence-electron chi connectivity index (χ4n) is 2.45. The van der Waals surface area contributed by atoms with Crippen LogP contribution in [0.4, 0.5) is 0 Å². The highest BCUT2D eigenvalue weighted by atomic mass is 127. The fourth-order valence-corrected chi connectivity index (χ4v) is 3.11. The minimum Gasteiger partial charge on any atom is -0.497 e. The van der Waals surface area contributed by atoms with Gasteiger partial charge in [0.05, 0.1) is 19.8 Å². The van der Waals surface area contributed by atoms with Crippen molar-refractivity contribution in [3.8, 4) is 5.75 Å². The molecular formula is C16H21IO3. The van der Waals surface area contributed by atoms with E-state index < -0.39 is 0 Å². The summed E-state index contributed by atoms with van der Waals surface area (Å²) < 4.78 is 19.2. The van der Waals surface area contributed by atoms with E-state index >= 15 is 0 Å². The van der Waals surface area contributed by atoms with Crippen LogP contribution in [0.25, 0.3) is 0 Å². The van der Waals surface area contributed by atoms with Gasteiger partial charge in [-0.2, -0.15) is 0 Å². The molecule has 0 N–H and O–H groups in total. The largest absolute Gasteiger partial charge is 0.497 e. The molecule has 0 radical (unpaired) electrons. The Balaban J connectivity index is 2.09. The molecule has 20 heavy (non-hydrogen) atoms. The van der Waals surface area contributed by atoms with E-state index in [1.807, 2.05) is 24.3 Å². The van der Waals surface area contributed by atoms with Gasteiger partial charge in [-0.1, -0.05) is 54.6 Å². The highest BCUT2D eigenvalue weighted by Crippen LogP contribution is 2.33. The third-order valence-electron chi connectivity index (χ3n) is 3.63. The van der Waals surface area contributed by atoms with Crippen molar-refractivity contribution < 1.29 is 14.2 Å². The summed E-state index contributed by atoms with van der Waals surface area (Å²) in [6.07, 6.45) is 2.08. The zero-order valence-electron chi connectivity index (χ0n) is 12.1. The van der Waals surface area contributed by atoms with Crippen LogP contribution in [0.15, 0.2) is 34.4 Å². The van der Waals surface area contributed by atoms with Crippen molar-refractivity contribution >= 4 is 22.6 Å². The first-order valence-corrected chi connectivity index (χ1v) is 8.08. The van der Waals surface area contributed by atoms with E-state index in [-0.39, 0.29) is 12.4 Å². The molecule has 1 aliphatic heterocycles. The molecule has 0 aromatic heterocycles. The monoisotopic (exact) mass is 388 g/mol. The van der Waals surface area contributed by atoms with E-state index in [9.17, 15) is 0 Å². The average Bonchev–Trinajstić information content (AvgIpc) is 2.48. The number of hydrogen-bond donors (Lipinski definition) is 0. The standard InChI is InChI=1S/C16H21IO3/c1-11(8-9-17)15-12(2)10-19-16(20-15)13-4-6-14(18-3)7-5-13/h4-9,11-12,15-16H,10H2,1-3H3/b9-8-/t11-,12-,15-,16?/m0/s1. The Labute approximate surface area is 134 Å². The molecule has 1 aromatic carbocycles. The Morgan fingerprint density at radius 2 is 2.05 bits per heavy atom. The van der Waals surface area contributed by atoms with Crippen molar-refractivity contribution in [2.75, 3.05) is 13.7 Å². The molecule has 110 valence electrons. The van der Waals surface area contributed by atoms with Gasteiger partial charge >= 0.3 is 0 Å². The van der Waals surface area contributed by atoms with Gasteiger partial charge in [-0.05, 0) is 16.2 Å². The van der Waals surface area contributed by atoms with Gasteiger partial charge in [-0.3, -0.25) is 0 Å². The van der Waals surface area contributed by atoms with E-state index in [2.05, 4.69) is 46.6 Å². The van der Waals surface area contributed by atoms with Crippen molar-refractivity contribution in [2.24, 2.45) is 11.8 Å². The maximum Gasteiger partial charge on any atom is 0.184 e. The van der Waals surface area contributed by atoms with E-state index in [1.165, 1.54) is 0 Å². The van der Waals surface area contributed by atoms with Gasteiger partial charge in [0, 0.05) is 17.4 Å². The van der Waals surface area contributed by atoms with Gasteiger partial charge in [0.2, 0.25) is 0 Å². The van der Waals surface area contributed by atoms with Crippen LogP contribution in [-0.4, -0.2) is 19.8 Å².